The van der Waals surface area contributed by atoms with Crippen molar-refractivity contribution < 1.29 is 9.53 Å². The Bertz CT molecular complexity index is 230. The smallest absolute Gasteiger partial charge is 0.143 e. The molecule has 16 heavy (non-hydrogen) atoms. The molecule has 1 aliphatic rings. The molecule has 0 aromatic rings. The van der Waals surface area contributed by atoms with E-state index < -0.39 is 0 Å². The Morgan fingerprint density at radius 2 is 2.12 bits per heavy atom. The summed E-state index contributed by atoms with van der Waals surface area (Å²) in [5, 5.41) is 0.479. The van der Waals surface area contributed by atoms with E-state index in [1.165, 1.54) is 25.7 Å². The highest BCUT2D eigenvalue weighted by molar-refractivity contribution is 9.09. The van der Waals surface area contributed by atoms with Crippen molar-refractivity contribution in [3.05, 3.63) is 0 Å². The van der Waals surface area contributed by atoms with E-state index in [9.17, 15) is 4.79 Å². The molecule has 1 fully saturated rings. The monoisotopic (exact) mass is 290 g/mol. The van der Waals surface area contributed by atoms with Gasteiger partial charge in [0.15, 0.2) is 0 Å². The second-order valence-corrected chi connectivity index (χ2v) is 5.50. The molecule has 1 saturated heterocycles. The molecule has 1 heterocycles. The van der Waals surface area contributed by atoms with E-state index in [1.54, 1.807) is 0 Å². The van der Waals surface area contributed by atoms with Gasteiger partial charge in [0.1, 0.15) is 5.78 Å². The summed E-state index contributed by atoms with van der Waals surface area (Å²) in [6, 6.07) is 0. The Morgan fingerprint density at radius 3 is 2.75 bits per heavy atom. The zero-order valence-electron chi connectivity index (χ0n) is 10.4. The van der Waals surface area contributed by atoms with Crippen molar-refractivity contribution in [2.75, 3.05) is 5.33 Å². The zero-order chi connectivity index (χ0) is 12.0. The number of ether oxygens (including phenoxy) is 1. The summed E-state index contributed by atoms with van der Waals surface area (Å²) >= 11 is 3.18. The van der Waals surface area contributed by atoms with Gasteiger partial charge in [-0.15, -0.1) is 0 Å². The molecule has 0 aromatic heterocycles. The van der Waals surface area contributed by atoms with Crippen LogP contribution in [0.3, 0.4) is 0 Å². The number of hydrogen-bond acceptors (Lipinski definition) is 2. The standard InChI is InChI=1S/C13H23BrO2/c1-3-4-5-6-9-13(2)12(16-13)8-7-11(15)10-14/h12H,3-10H2,1-2H3. The van der Waals surface area contributed by atoms with Gasteiger partial charge < -0.3 is 4.74 Å². The van der Waals surface area contributed by atoms with Crippen molar-refractivity contribution in [2.24, 2.45) is 0 Å². The summed E-state index contributed by atoms with van der Waals surface area (Å²) in [6.07, 6.45) is 8.20. The van der Waals surface area contributed by atoms with Crippen LogP contribution in [0.15, 0.2) is 0 Å². The molecule has 1 rings (SSSR count). The maximum absolute atomic E-state index is 11.2. The molecule has 0 bridgehead atoms. The number of unbranched alkanes of at least 4 members (excludes halogenated alkanes) is 3. The Hall–Kier alpha value is 0.110. The van der Waals surface area contributed by atoms with Gasteiger partial charge in [-0.05, 0) is 19.8 Å². The van der Waals surface area contributed by atoms with Crippen LogP contribution >= 0.6 is 15.9 Å². The second-order valence-electron chi connectivity index (χ2n) is 4.94. The molecule has 0 aliphatic carbocycles. The van der Waals surface area contributed by atoms with Gasteiger partial charge in [-0.2, -0.15) is 0 Å². The minimum Gasteiger partial charge on any atom is -0.366 e. The van der Waals surface area contributed by atoms with Crippen molar-refractivity contribution in [1.29, 1.82) is 0 Å². The first kappa shape index (κ1) is 14.2. The highest BCUT2D eigenvalue weighted by Gasteiger charge is 2.50. The number of Topliss-reactive ketones (excluding diaryl/α,β-unsaturated/α-hetero) is 1. The van der Waals surface area contributed by atoms with Gasteiger partial charge in [0.2, 0.25) is 0 Å². The summed E-state index contributed by atoms with van der Waals surface area (Å²) in [5.74, 6) is 0.281. The van der Waals surface area contributed by atoms with Gasteiger partial charge in [-0.3, -0.25) is 4.79 Å². The average molecular weight is 291 g/mol. The Balaban J connectivity index is 2.08. The molecule has 3 heteroatoms. The third-order valence-electron chi connectivity index (χ3n) is 3.40. The molecule has 0 N–H and O–H groups in total. The third kappa shape index (κ3) is 4.54. The van der Waals surface area contributed by atoms with Crippen LogP contribution in [-0.4, -0.2) is 22.8 Å². The lowest BCUT2D eigenvalue weighted by Gasteiger charge is -2.05. The van der Waals surface area contributed by atoms with Crippen molar-refractivity contribution in [2.45, 2.75) is 70.5 Å². The molecule has 2 nitrogen and oxygen atoms in total. The van der Waals surface area contributed by atoms with Crippen LogP contribution in [0.4, 0.5) is 0 Å². The van der Waals surface area contributed by atoms with Crippen LogP contribution in [0, 0.1) is 0 Å². The molecule has 0 radical (unpaired) electrons. The van der Waals surface area contributed by atoms with Crippen molar-refractivity contribution in [3.63, 3.8) is 0 Å². The predicted molar refractivity (Wildman–Crippen MR) is 70.1 cm³/mol. The Labute approximate surface area is 107 Å². The number of carbonyl (C=O) groups is 1. The van der Waals surface area contributed by atoms with Crippen molar-refractivity contribution in [3.8, 4) is 0 Å². The number of alkyl halides is 1. The molecule has 0 amide bonds. The van der Waals surface area contributed by atoms with Crippen LogP contribution in [0.25, 0.3) is 0 Å². The first-order valence-electron chi connectivity index (χ1n) is 6.38. The Kier molecular flexibility index (Phi) is 5.98. The molecule has 1 aliphatic heterocycles. The fourth-order valence-electron chi connectivity index (χ4n) is 2.14. The van der Waals surface area contributed by atoms with Crippen LogP contribution in [0.1, 0.15) is 58.8 Å². The van der Waals surface area contributed by atoms with E-state index in [-0.39, 0.29) is 11.4 Å². The first-order valence-corrected chi connectivity index (χ1v) is 7.50. The van der Waals surface area contributed by atoms with Gasteiger partial charge in [0, 0.05) is 6.42 Å². The fraction of sp³-hybridized carbons (Fsp3) is 0.923. The maximum Gasteiger partial charge on any atom is 0.143 e. The van der Waals surface area contributed by atoms with E-state index in [1.807, 2.05) is 0 Å². The van der Waals surface area contributed by atoms with Crippen molar-refractivity contribution in [1.82, 2.24) is 0 Å². The minimum absolute atomic E-state index is 0.0837. The van der Waals surface area contributed by atoms with Gasteiger partial charge >= 0.3 is 0 Å². The summed E-state index contributed by atoms with van der Waals surface area (Å²) in [5.41, 5.74) is 0.0837. The largest absolute Gasteiger partial charge is 0.366 e. The van der Waals surface area contributed by atoms with E-state index >= 15 is 0 Å². The lowest BCUT2D eigenvalue weighted by atomic mass is 9.96. The number of carbonyl (C=O) groups excluding carboxylic acids is 1. The number of rotatable bonds is 9. The van der Waals surface area contributed by atoms with E-state index in [0.29, 0.717) is 17.9 Å². The molecule has 2 atom stereocenters. The number of halogens is 1. The van der Waals surface area contributed by atoms with Crippen LogP contribution < -0.4 is 0 Å². The molecule has 2 unspecified atom stereocenters. The van der Waals surface area contributed by atoms with Gasteiger partial charge in [-0.25, -0.2) is 0 Å². The van der Waals surface area contributed by atoms with Gasteiger partial charge in [0.25, 0.3) is 0 Å². The van der Waals surface area contributed by atoms with Gasteiger partial charge in [0.05, 0.1) is 17.0 Å². The molecule has 0 saturated carbocycles. The van der Waals surface area contributed by atoms with Crippen LogP contribution in [0.5, 0.6) is 0 Å². The average Bonchev–Trinajstić information content (AvgIpc) is 2.93. The van der Waals surface area contributed by atoms with E-state index in [2.05, 4.69) is 29.8 Å². The maximum atomic E-state index is 11.2. The second kappa shape index (κ2) is 6.75. The van der Waals surface area contributed by atoms with Crippen LogP contribution in [0.2, 0.25) is 0 Å². The first-order chi connectivity index (χ1) is 7.62. The molecule has 0 spiro atoms. The normalized spacial score (nSPS) is 28.1. The van der Waals surface area contributed by atoms with E-state index in [4.69, 9.17) is 4.74 Å². The SMILES string of the molecule is CCCCCCC1(C)OC1CCC(=O)CBr. The molecular weight excluding hydrogens is 268 g/mol. The summed E-state index contributed by atoms with van der Waals surface area (Å²) in [6.45, 7) is 4.41. The summed E-state index contributed by atoms with van der Waals surface area (Å²) in [4.78, 5) is 11.2. The minimum atomic E-state index is 0.0837. The number of hydrogen-bond donors (Lipinski definition) is 0. The topological polar surface area (TPSA) is 29.6 Å². The van der Waals surface area contributed by atoms with E-state index in [0.717, 1.165) is 12.8 Å². The summed E-state index contributed by atoms with van der Waals surface area (Å²) < 4.78 is 5.71. The Morgan fingerprint density at radius 1 is 1.38 bits per heavy atom. The molecular formula is C13H23BrO2. The molecule has 94 valence electrons. The zero-order valence-corrected chi connectivity index (χ0v) is 12.0. The van der Waals surface area contributed by atoms with Crippen LogP contribution in [-0.2, 0) is 9.53 Å². The highest BCUT2D eigenvalue weighted by Crippen LogP contribution is 2.43. The lowest BCUT2D eigenvalue weighted by Crippen LogP contribution is -2.11. The quantitative estimate of drug-likeness (QED) is 0.367. The number of ketones is 1. The molecule has 0 aromatic carbocycles. The summed E-state index contributed by atoms with van der Waals surface area (Å²) in [7, 11) is 0. The van der Waals surface area contributed by atoms with Crippen molar-refractivity contribution >= 4 is 21.7 Å². The lowest BCUT2D eigenvalue weighted by molar-refractivity contribution is -0.116. The third-order valence-corrected chi connectivity index (χ3v) is 4.02. The van der Waals surface area contributed by atoms with Gasteiger partial charge in [-0.1, -0.05) is 48.5 Å². The highest BCUT2D eigenvalue weighted by atomic mass is 79.9. The number of epoxide rings is 1. The predicted octanol–water partition coefficient (Wildman–Crippen LogP) is 3.86. The fourth-order valence-corrected chi connectivity index (χ4v) is 2.42.